The zero-order valence-electron chi connectivity index (χ0n) is 83.2. The van der Waals surface area contributed by atoms with Gasteiger partial charge in [-0.25, -0.2) is 0 Å². The average molecular weight is 1980 g/mol. The molecule has 0 heterocycles. The molecule has 29 N–H and O–H groups in total. The number of carbonyl (C=O) groups is 6. The van der Waals surface area contributed by atoms with E-state index in [0.29, 0.717) is 106 Å². The Morgan fingerprint density at radius 2 is 0.486 bits per heavy atom. The number of amides is 5. The van der Waals surface area contributed by atoms with Crippen molar-refractivity contribution in [3.8, 4) is 44.5 Å². The molecule has 0 fully saturated rings. The van der Waals surface area contributed by atoms with Gasteiger partial charge in [0.2, 0.25) is 0 Å². The summed E-state index contributed by atoms with van der Waals surface area (Å²) in [6, 6.07) is 67.7. The summed E-state index contributed by atoms with van der Waals surface area (Å²) in [5, 5.41) is 13.5. The third-order valence-corrected chi connectivity index (χ3v) is 22.6. The van der Waals surface area contributed by atoms with Gasteiger partial charge >= 0.3 is 18.5 Å². The molecule has 32 heteroatoms. The van der Waals surface area contributed by atoms with Crippen molar-refractivity contribution in [2.24, 2.45) is 68.8 Å². The van der Waals surface area contributed by atoms with E-state index in [1.165, 1.54) is 50.1 Å². The van der Waals surface area contributed by atoms with E-state index in [0.717, 1.165) is 144 Å². The van der Waals surface area contributed by atoms with Crippen molar-refractivity contribution < 1.29 is 68.3 Å². The fourth-order valence-electron chi connectivity index (χ4n) is 14.4. The second-order valence-corrected chi connectivity index (χ2v) is 37.4. The number of nitrogens with two attached hydrogens (primary N) is 12. The molecule has 10 aromatic rings. The number of rotatable bonds is 40. The van der Waals surface area contributed by atoms with E-state index >= 15 is 0 Å². The van der Waals surface area contributed by atoms with Gasteiger partial charge in [-0.1, -0.05) is 175 Å². The summed E-state index contributed by atoms with van der Waals surface area (Å²) in [7, 11) is 0. The second-order valence-electron chi connectivity index (χ2n) is 37.4. The Morgan fingerprint density at radius 3 is 0.725 bits per heavy atom. The monoisotopic (exact) mass is 1970 g/mol. The van der Waals surface area contributed by atoms with Crippen LogP contribution in [-0.2, 0) is 29.4 Å². The molecule has 0 aliphatic rings. The minimum Gasteiger partial charge on any atom is -0.350 e. The molecule has 10 rings (SSSR count). The van der Waals surface area contributed by atoms with E-state index < -0.39 is 52.9 Å². The van der Waals surface area contributed by atoms with Crippen LogP contribution in [-0.4, -0.2) is 144 Å². The average Bonchev–Trinajstić information content (AvgIpc) is 0.800. The van der Waals surface area contributed by atoms with Gasteiger partial charge in [-0.2, -0.15) is 39.5 Å². The van der Waals surface area contributed by atoms with Crippen LogP contribution in [0.3, 0.4) is 0 Å². The number of aryl methyl sites for hydroxylation is 3. The fourth-order valence-corrected chi connectivity index (χ4v) is 14.4. The highest BCUT2D eigenvalue weighted by molar-refractivity contribution is 6.00. The quantitative estimate of drug-likeness (QED) is 0.00963. The summed E-state index contributed by atoms with van der Waals surface area (Å²) >= 11 is 0. The molecule has 772 valence electrons. The number of hydrogen-bond donors (Lipinski definition) is 17. The van der Waals surface area contributed by atoms with Crippen LogP contribution in [0, 0.1) is 20.8 Å². The highest BCUT2D eigenvalue weighted by atomic mass is 19.4. The molecule has 0 aromatic heterocycles. The highest BCUT2D eigenvalue weighted by Crippen LogP contribution is 2.37. The largest absolute Gasteiger partial charge is 0.416 e. The molecule has 0 aliphatic heterocycles. The number of hydrogen-bond acceptors (Lipinski definition) is 18. The number of ketones is 1. The van der Waals surface area contributed by atoms with Crippen LogP contribution in [0.25, 0.3) is 44.5 Å². The molecule has 0 unspecified atom stereocenters. The lowest BCUT2D eigenvalue weighted by Gasteiger charge is -2.26. The molecule has 0 aliphatic carbocycles. The van der Waals surface area contributed by atoms with Crippen LogP contribution in [0.4, 0.5) is 39.5 Å². The van der Waals surface area contributed by atoms with E-state index in [4.69, 9.17) is 68.8 Å². The van der Waals surface area contributed by atoms with Crippen molar-refractivity contribution in [1.82, 2.24) is 26.6 Å². The molecule has 0 radical (unpaired) electrons. The molecule has 0 spiro atoms. The van der Waals surface area contributed by atoms with E-state index in [1.807, 2.05) is 109 Å². The smallest absolute Gasteiger partial charge is 0.350 e. The number of unbranched alkanes of at least 4 members (excludes halogenated alkanes) is 1. The molecule has 10 aromatic carbocycles. The Bertz CT molecular complexity index is 5270. The standard InChI is InChI=1S/C25H28N2O.C24H27N3O.C20H35N3O.2C14H20F3N3O.C13H18F3N3O/c26-18-24(27)13-7-8-14-25(28)23-16-21(19-9-3-1-4-10-19)15-22(17-23)20-11-5-2-6-12-20;25-13-7-12-23(26)17-27-24(28)22-15-20(18-8-3-1-4-9-18)14-21(16-22)19-10-5-2-6-11-19;1-19(2,3)15-10-14(11-16(12-15)20(4,5)6)18(24)23-13-17(22)8-7-9-21;2*1-9-5-10(7-11(6-9)14(15,16)17)13(21)20-8-12(19)3-2-4-18;1-8-4-9(6-10(5-8)13(14,15)16)12(20)19-7-11(18)2-3-17/h1-6,9-12,15-17,24H,7-8,13-14,18,26-27H2;1-6,8-11,14-16,23H,7,12-13,17,25-26H2,(H,27,28);10-12,17H,7-9,13,21-22H2,1-6H3,(H,23,24);2*5-7,12H,2-4,8,18-19H2,1H3,(H,20,21);4-6,11H,2-3,7,17-18H2,1H3,(H,19,20)/t24-;23-;17-;2*12-;11-/m000100/s1. The molecule has 0 bridgehead atoms. The number of alkyl halides is 9. The van der Waals surface area contributed by atoms with Crippen molar-refractivity contribution in [3.05, 3.63) is 308 Å². The summed E-state index contributed by atoms with van der Waals surface area (Å²) in [4.78, 5) is 73.9. The lowest BCUT2D eigenvalue weighted by Crippen LogP contribution is -2.38. The van der Waals surface area contributed by atoms with Gasteiger partial charge in [-0.05, 0) is 310 Å². The van der Waals surface area contributed by atoms with E-state index in [1.54, 1.807) is 0 Å². The summed E-state index contributed by atoms with van der Waals surface area (Å²) in [5.74, 6) is -1.70. The third-order valence-electron chi connectivity index (χ3n) is 22.6. The Labute approximate surface area is 831 Å². The first-order chi connectivity index (χ1) is 67.0. The van der Waals surface area contributed by atoms with Crippen LogP contribution >= 0.6 is 0 Å². The van der Waals surface area contributed by atoms with Gasteiger partial charge in [0.1, 0.15) is 0 Å². The van der Waals surface area contributed by atoms with Crippen molar-refractivity contribution in [3.63, 3.8) is 0 Å². The number of benzene rings is 10. The van der Waals surface area contributed by atoms with Crippen molar-refractivity contribution in [1.29, 1.82) is 0 Å². The van der Waals surface area contributed by atoms with Crippen LogP contribution in [0.2, 0.25) is 0 Å². The number of Topliss-reactive ketones (excluding diaryl/α,β-unsaturated/α-hetero) is 1. The fraction of sp³-hybridized carbons (Fsp3) is 0.400. The van der Waals surface area contributed by atoms with Crippen molar-refractivity contribution >= 4 is 35.3 Å². The highest BCUT2D eigenvalue weighted by Gasteiger charge is 2.35. The first kappa shape index (κ1) is 121. The molecule has 5 amide bonds. The predicted molar refractivity (Wildman–Crippen MR) is 555 cm³/mol. The topological polar surface area (TPSA) is 475 Å². The Kier molecular flexibility index (Phi) is 51.4. The second kappa shape index (κ2) is 60.5. The lowest BCUT2D eigenvalue weighted by molar-refractivity contribution is -0.138. The van der Waals surface area contributed by atoms with Gasteiger partial charge in [0.05, 0.1) is 16.7 Å². The molecular formula is C110H148F9N17O6. The maximum absolute atomic E-state index is 12.9. The summed E-state index contributed by atoms with van der Waals surface area (Å²) in [6.07, 6.45) is -3.60. The number of halogens is 9. The van der Waals surface area contributed by atoms with E-state index in [2.05, 4.69) is 135 Å². The molecule has 0 saturated carbocycles. The van der Waals surface area contributed by atoms with Crippen LogP contribution in [0.5, 0.6) is 0 Å². The number of nitrogens with one attached hydrogen (secondary N) is 5. The van der Waals surface area contributed by atoms with E-state index in [-0.39, 0.29) is 101 Å². The van der Waals surface area contributed by atoms with Gasteiger partial charge in [-0.15, -0.1) is 0 Å². The maximum Gasteiger partial charge on any atom is 0.416 e. The minimum atomic E-state index is -4.48. The molecule has 0 saturated heterocycles. The summed E-state index contributed by atoms with van der Waals surface area (Å²) in [5.41, 5.74) is 79.2. The SMILES string of the molecule is CC(C)(C)c1cc(C(=O)NC[C@@H](N)CCCN)cc(C(C)(C)C)c1.Cc1cc(C(=O)NC[C@@H](N)CCCN)cc(C(F)(F)F)c1.Cc1cc(C(=O)NC[C@@H](N)CCN)cc(C(F)(F)F)c1.Cc1cc(C(=O)NC[C@H](N)CCCN)cc(C(F)(F)F)c1.NCCC[C@H](N)CNC(=O)c1cc(-c2ccccc2)cc(-c2ccccc2)c1.NC[C@@H](N)CCCCC(=O)c1cc(-c2ccccc2)cc(-c2ccccc2)c1. The van der Waals surface area contributed by atoms with Crippen LogP contribution < -0.4 is 95.4 Å². The van der Waals surface area contributed by atoms with Gasteiger partial charge < -0.3 is 95.4 Å². The molecular weight excluding hydrogens is 1830 g/mol. The first-order valence-electron chi connectivity index (χ1n) is 47.9. The summed E-state index contributed by atoms with van der Waals surface area (Å²) < 4.78 is 114. The van der Waals surface area contributed by atoms with Gasteiger partial charge in [0, 0.05) is 115 Å². The van der Waals surface area contributed by atoms with Crippen LogP contribution in [0.1, 0.15) is 232 Å². The van der Waals surface area contributed by atoms with E-state index in [9.17, 15) is 68.3 Å². The van der Waals surface area contributed by atoms with Gasteiger partial charge in [-0.3, -0.25) is 28.8 Å². The van der Waals surface area contributed by atoms with Crippen LogP contribution in [0.15, 0.2) is 231 Å². The zero-order valence-corrected chi connectivity index (χ0v) is 83.2. The zero-order chi connectivity index (χ0) is 106. The van der Waals surface area contributed by atoms with Gasteiger partial charge in [0.25, 0.3) is 29.5 Å². The Morgan fingerprint density at radius 1 is 0.254 bits per heavy atom. The third kappa shape index (κ3) is 44.7. The molecule has 142 heavy (non-hydrogen) atoms. The lowest BCUT2D eigenvalue weighted by atomic mass is 9.79. The normalized spacial score (nSPS) is 12.7. The summed E-state index contributed by atoms with van der Waals surface area (Å²) in [6.45, 7) is 22.2. The molecule has 6 atom stereocenters. The van der Waals surface area contributed by atoms with Crippen molar-refractivity contribution in [2.75, 3.05) is 72.0 Å². The van der Waals surface area contributed by atoms with Crippen molar-refractivity contribution in [2.45, 2.75) is 211 Å². The maximum atomic E-state index is 12.9. The first-order valence-corrected chi connectivity index (χ1v) is 47.9. The number of carbonyl (C=O) groups excluding carboxylic acids is 6. The predicted octanol–water partition coefficient (Wildman–Crippen LogP) is 17.0. The minimum absolute atomic E-state index is 0.00613. The molecule has 23 nitrogen and oxygen atoms in total. The van der Waals surface area contributed by atoms with Gasteiger partial charge in [0.15, 0.2) is 5.78 Å². The Hall–Kier alpha value is -11.9. The Balaban J connectivity index is 0.000000302.